The third kappa shape index (κ3) is 3.56. The lowest BCUT2D eigenvalue weighted by molar-refractivity contribution is 0.0954. The number of hydrogen-bond acceptors (Lipinski definition) is 2. The van der Waals surface area contributed by atoms with E-state index in [0.717, 1.165) is 6.07 Å². The van der Waals surface area contributed by atoms with E-state index in [1.165, 1.54) is 24.4 Å². The van der Waals surface area contributed by atoms with Crippen LogP contribution in [0.3, 0.4) is 0 Å². The molecule has 0 aromatic heterocycles. The van der Waals surface area contributed by atoms with E-state index in [1.54, 1.807) is 18.2 Å². The van der Waals surface area contributed by atoms with Crippen molar-refractivity contribution in [3.8, 4) is 0 Å². The highest BCUT2D eigenvalue weighted by Gasteiger charge is 2.05. The Hall–Kier alpha value is -1.91. The topological polar surface area (TPSA) is 41.5 Å². The van der Waals surface area contributed by atoms with Crippen molar-refractivity contribution in [2.75, 3.05) is 0 Å². The summed E-state index contributed by atoms with van der Waals surface area (Å²) < 4.78 is 13.0. The van der Waals surface area contributed by atoms with Gasteiger partial charge in [0.15, 0.2) is 0 Å². The molecule has 0 atom stereocenters. The van der Waals surface area contributed by atoms with Crippen LogP contribution in [0.25, 0.3) is 0 Å². The van der Waals surface area contributed by atoms with Gasteiger partial charge in [0.25, 0.3) is 5.91 Å². The average molecular weight is 311 g/mol. The van der Waals surface area contributed by atoms with Gasteiger partial charge in [0.05, 0.1) is 16.3 Å². The van der Waals surface area contributed by atoms with E-state index in [2.05, 4.69) is 10.5 Å². The van der Waals surface area contributed by atoms with Crippen LogP contribution < -0.4 is 5.43 Å². The van der Waals surface area contributed by atoms with Gasteiger partial charge in [-0.1, -0.05) is 41.4 Å². The van der Waals surface area contributed by atoms with Crippen LogP contribution in [0, 0.1) is 5.82 Å². The zero-order valence-electron chi connectivity index (χ0n) is 10.1. The van der Waals surface area contributed by atoms with E-state index in [9.17, 15) is 9.18 Å². The summed E-state index contributed by atoms with van der Waals surface area (Å²) in [7, 11) is 0. The summed E-state index contributed by atoms with van der Waals surface area (Å²) in [6.07, 6.45) is 1.37. The molecule has 0 aliphatic heterocycles. The molecule has 102 valence electrons. The van der Waals surface area contributed by atoms with Gasteiger partial charge >= 0.3 is 0 Å². The number of nitrogens with zero attached hydrogens (tertiary/aromatic N) is 1. The number of halogens is 3. The summed E-state index contributed by atoms with van der Waals surface area (Å²) in [6.45, 7) is 0. The molecule has 0 aliphatic carbocycles. The van der Waals surface area contributed by atoms with Crippen molar-refractivity contribution < 1.29 is 9.18 Å². The number of carbonyl (C=O) groups excluding carboxylic acids is 1. The first-order valence-electron chi connectivity index (χ1n) is 5.61. The van der Waals surface area contributed by atoms with Crippen LogP contribution in [-0.4, -0.2) is 12.1 Å². The second-order valence-corrected chi connectivity index (χ2v) is 4.64. The Labute approximate surface area is 125 Å². The molecule has 0 fully saturated rings. The molecule has 2 aromatic carbocycles. The molecule has 2 aromatic rings. The minimum Gasteiger partial charge on any atom is -0.267 e. The molecule has 1 N–H and O–H groups in total. The van der Waals surface area contributed by atoms with Gasteiger partial charge in [-0.25, -0.2) is 9.82 Å². The van der Waals surface area contributed by atoms with Crippen molar-refractivity contribution in [3.63, 3.8) is 0 Å². The van der Waals surface area contributed by atoms with E-state index in [1.807, 2.05) is 0 Å². The van der Waals surface area contributed by atoms with E-state index in [-0.39, 0.29) is 5.56 Å². The minimum absolute atomic E-state index is 0.180. The maximum Gasteiger partial charge on any atom is 0.271 e. The molecule has 0 radical (unpaired) electrons. The molecule has 0 heterocycles. The average Bonchev–Trinajstić information content (AvgIpc) is 2.43. The van der Waals surface area contributed by atoms with Crippen LogP contribution >= 0.6 is 23.2 Å². The summed E-state index contributed by atoms with van der Waals surface area (Å²) in [6, 6.07) is 10.4. The van der Waals surface area contributed by atoms with Gasteiger partial charge in [-0.15, -0.1) is 0 Å². The fraction of sp³-hybridized carbons (Fsp3) is 0. The Morgan fingerprint density at radius 2 is 1.95 bits per heavy atom. The number of hydrazone groups is 1. The van der Waals surface area contributed by atoms with E-state index < -0.39 is 11.7 Å². The lowest BCUT2D eigenvalue weighted by Gasteiger charge is -2.01. The van der Waals surface area contributed by atoms with Crippen molar-refractivity contribution in [3.05, 3.63) is 69.5 Å². The van der Waals surface area contributed by atoms with Gasteiger partial charge in [0, 0.05) is 11.1 Å². The van der Waals surface area contributed by atoms with E-state index in [4.69, 9.17) is 23.2 Å². The molecule has 0 saturated heterocycles. The van der Waals surface area contributed by atoms with E-state index in [0.29, 0.717) is 15.6 Å². The van der Waals surface area contributed by atoms with E-state index >= 15 is 0 Å². The highest BCUT2D eigenvalue weighted by molar-refractivity contribution is 6.43. The standard InChI is InChI=1S/C14H9Cl2FN2O/c15-12-6-2-4-10(13(12)16)8-18-19-14(20)9-3-1-5-11(17)7-9/h1-8H,(H,19,20). The van der Waals surface area contributed by atoms with Crippen molar-refractivity contribution in [2.24, 2.45) is 5.10 Å². The van der Waals surface area contributed by atoms with Crippen LogP contribution in [0.1, 0.15) is 15.9 Å². The van der Waals surface area contributed by atoms with Gasteiger partial charge < -0.3 is 0 Å². The Balaban J connectivity index is 2.07. The second kappa shape index (κ2) is 6.50. The van der Waals surface area contributed by atoms with Crippen LogP contribution in [-0.2, 0) is 0 Å². The van der Waals surface area contributed by atoms with Gasteiger partial charge in [0.2, 0.25) is 0 Å². The summed E-state index contributed by atoms with van der Waals surface area (Å²) in [5.74, 6) is -1.00. The second-order valence-electron chi connectivity index (χ2n) is 3.85. The fourth-order valence-corrected chi connectivity index (χ4v) is 1.83. The smallest absolute Gasteiger partial charge is 0.267 e. The third-order valence-corrected chi connectivity index (χ3v) is 3.27. The number of nitrogens with one attached hydrogen (secondary N) is 1. The Morgan fingerprint density at radius 1 is 1.20 bits per heavy atom. The Morgan fingerprint density at radius 3 is 2.70 bits per heavy atom. The maximum absolute atomic E-state index is 13.0. The van der Waals surface area contributed by atoms with Crippen LogP contribution in [0.4, 0.5) is 4.39 Å². The highest BCUT2D eigenvalue weighted by atomic mass is 35.5. The first kappa shape index (κ1) is 14.5. The lowest BCUT2D eigenvalue weighted by Crippen LogP contribution is -2.17. The lowest BCUT2D eigenvalue weighted by atomic mass is 10.2. The molecule has 6 heteroatoms. The number of carbonyl (C=O) groups is 1. The van der Waals surface area contributed by atoms with Gasteiger partial charge in [-0.2, -0.15) is 5.10 Å². The molecular weight excluding hydrogens is 302 g/mol. The predicted octanol–water partition coefficient (Wildman–Crippen LogP) is 3.90. The first-order chi connectivity index (χ1) is 9.58. The molecule has 1 amide bonds. The largest absolute Gasteiger partial charge is 0.271 e. The molecule has 0 unspecified atom stereocenters. The predicted molar refractivity (Wildman–Crippen MR) is 77.9 cm³/mol. The Kier molecular flexibility index (Phi) is 4.71. The molecule has 20 heavy (non-hydrogen) atoms. The maximum atomic E-state index is 13.0. The number of rotatable bonds is 3. The first-order valence-corrected chi connectivity index (χ1v) is 6.36. The van der Waals surface area contributed by atoms with Crippen LogP contribution in [0.15, 0.2) is 47.6 Å². The van der Waals surface area contributed by atoms with Crippen LogP contribution in [0.2, 0.25) is 10.0 Å². The zero-order valence-corrected chi connectivity index (χ0v) is 11.6. The number of hydrogen-bond donors (Lipinski definition) is 1. The molecule has 0 aliphatic rings. The third-order valence-electron chi connectivity index (χ3n) is 2.44. The highest BCUT2D eigenvalue weighted by Crippen LogP contribution is 2.24. The number of benzene rings is 2. The minimum atomic E-state index is -0.515. The SMILES string of the molecule is O=C(NN=Cc1cccc(Cl)c1Cl)c1cccc(F)c1. The zero-order chi connectivity index (χ0) is 14.5. The molecular formula is C14H9Cl2FN2O. The summed E-state index contributed by atoms with van der Waals surface area (Å²) in [4.78, 5) is 11.7. The normalized spacial score (nSPS) is 10.8. The summed E-state index contributed by atoms with van der Waals surface area (Å²) in [5, 5.41) is 4.50. The van der Waals surface area contributed by atoms with Gasteiger partial charge in [-0.05, 0) is 24.3 Å². The van der Waals surface area contributed by atoms with Crippen molar-refractivity contribution in [1.29, 1.82) is 0 Å². The summed E-state index contributed by atoms with van der Waals surface area (Å²) >= 11 is 11.8. The van der Waals surface area contributed by atoms with Crippen LogP contribution in [0.5, 0.6) is 0 Å². The fourth-order valence-electron chi connectivity index (χ4n) is 1.47. The number of amides is 1. The van der Waals surface area contributed by atoms with Gasteiger partial charge in [-0.3, -0.25) is 4.79 Å². The molecule has 0 spiro atoms. The molecule has 2 rings (SSSR count). The van der Waals surface area contributed by atoms with Gasteiger partial charge in [0.1, 0.15) is 5.82 Å². The quantitative estimate of drug-likeness (QED) is 0.678. The molecule has 0 bridgehead atoms. The van der Waals surface area contributed by atoms with Crippen molar-refractivity contribution >= 4 is 35.3 Å². The monoisotopic (exact) mass is 310 g/mol. The molecule has 3 nitrogen and oxygen atoms in total. The van der Waals surface area contributed by atoms with Crippen molar-refractivity contribution in [2.45, 2.75) is 0 Å². The Bertz CT molecular complexity index is 674. The molecule has 0 saturated carbocycles. The van der Waals surface area contributed by atoms with Crippen molar-refractivity contribution in [1.82, 2.24) is 5.43 Å². The summed E-state index contributed by atoms with van der Waals surface area (Å²) in [5.41, 5.74) is 3.03.